The van der Waals surface area contributed by atoms with Crippen molar-refractivity contribution in [1.82, 2.24) is 9.13 Å². The van der Waals surface area contributed by atoms with Crippen LogP contribution in [0.25, 0.3) is 22.5 Å². The number of nitrogens with zero attached hydrogens (tertiary/aromatic N) is 2. The summed E-state index contributed by atoms with van der Waals surface area (Å²) < 4.78 is 36.9. The zero-order valence-electron chi connectivity index (χ0n) is 39.7. The number of benzene rings is 2. The molecule has 15 heteroatoms. The molecule has 5 heterocycles. The van der Waals surface area contributed by atoms with Crippen molar-refractivity contribution in [3.8, 4) is 34.0 Å². The molecule has 15 nitrogen and oxygen atoms in total. The first-order valence-corrected chi connectivity index (χ1v) is 23.6. The van der Waals surface area contributed by atoms with Crippen molar-refractivity contribution in [3.63, 3.8) is 0 Å². The molecule has 4 aromatic rings. The number of carboxylic acid groups (broad SMARTS) is 1. The van der Waals surface area contributed by atoms with Gasteiger partial charge in [-0.3, -0.25) is 9.59 Å². The predicted octanol–water partition coefficient (Wildman–Crippen LogP) is 7.31. The van der Waals surface area contributed by atoms with Crippen LogP contribution in [-0.2, 0) is 45.0 Å². The number of fused-ring (bicyclic) bond motifs is 6. The minimum absolute atomic E-state index is 0.0144. The van der Waals surface area contributed by atoms with E-state index in [4.69, 9.17) is 28.4 Å². The molecule has 1 saturated heterocycles. The summed E-state index contributed by atoms with van der Waals surface area (Å²) in [7, 11) is 3.40. The third-order valence-electron chi connectivity index (χ3n) is 13.6. The number of pyridine rings is 2. The largest absolute Gasteiger partial charge is 0.490 e. The summed E-state index contributed by atoms with van der Waals surface area (Å²) >= 11 is 0. The molecule has 9 rings (SSSR count). The summed E-state index contributed by atoms with van der Waals surface area (Å²) in [4.78, 5) is 49.0. The van der Waals surface area contributed by atoms with E-state index >= 15 is 0 Å². The zero-order chi connectivity index (χ0) is 48.1. The molecule has 2 aromatic heterocycles. The van der Waals surface area contributed by atoms with Crippen LogP contribution in [0, 0.1) is 11.8 Å². The molecule has 0 amide bonds. The van der Waals surface area contributed by atoms with Crippen LogP contribution in [0.2, 0.25) is 0 Å². The molecule has 3 N–H and O–H groups in total. The monoisotopic (exact) mass is 926 g/mol. The van der Waals surface area contributed by atoms with Gasteiger partial charge >= 0.3 is 11.9 Å². The van der Waals surface area contributed by atoms with Gasteiger partial charge in [-0.05, 0) is 79.8 Å². The molecule has 0 radical (unpaired) electrons. The maximum absolute atomic E-state index is 12.8. The number of aromatic nitrogens is 2. The van der Waals surface area contributed by atoms with Crippen LogP contribution in [-0.4, -0.2) is 94.8 Å². The number of ether oxygens (including phenoxy) is 6. The Morgan fingerprint density at radius 2 is 1.10 bits per heavy atom. The second kappa shape index (κ2) is 21.8. The van der Waals surface area contributed by atoms with E-state index in [2.05, 4.69) is 27.7 Å². The molecule has 2 atom stereocenters. The van der Waals surface area contributed by atoms with Gasteiger partial charge in [-0.1, -0.05) is 27.7 Å². The highest BCUT2D eigenvalue weighted by Crippen LogP contribution is 2.43. The lowest BCUT2D eigenvalue weighted by molar-refractivity contribution is -0.0389. The van der Waals surface area contributed by atoms with Crippen molar-refractivity contribution >= 4 is 11.9 Å². The fourth-order valence-electron chi connectivity index (χ4n) is 9.46. The normalized spacial score (nSPS) is 22.0. The van der Waals surface area contributed by atoms with E-state index in [0.717, 1.165) is 73.3 Å². The van der Waals surface area contributed by atoms with Gasteiger partial charge in [0.25, 0.3) is 0 Å². The van der Waals surface area contributed by atoms with Crippen LogP contribution < -0.4 is 20.3 Å². The molecule has 2 unspecified atom stereocenters. The van der Waals surface area contributed by atoms with E-state index in [-0.39, 0.29) is 84.7 Å². The first-order valence-electron chi connectivity index (χ1n) is 23.6. The van der Waals surface area contributed by atoms with Gasteiger partial charge in [-0.25, -0.2) is 9.59 Å². The van der Waals surface area contributed by atoms with Crippen LogP contribution in [0.3, 0.4) is 0 Å². The Kier molecular flexibility index (Phi) is 16.1. The fraction of sp³-hybridized carbons (Fsp3) is 0.538. The molecule has 2 aromatic carbocycles. The Morgan fingerprint density at radius 3 is 1.46 bits per heavy atom. The second-order valence-electron chi connectivity index (χ2n) is 18.8. The SMILES string of the molecule is C1CCOC1.CCOC(=O)c1cn2c(cc1=O)-c1cc(CO)c(OC3CC(OC)C3)cc1CC2C(C)C.COC1CC(Oc2cc3c(cc2CO)-c2cc(=O)c(C(=O)O)cn2C(C(C)C)C3)C1. The van der Waals surface area contributed by atoms with E-state index in [1.54, 1.807) is 27.3 Å². The number of methoxy groups -OCH3 is 2. The van der Waals surface area contributed by atoms with Crippen LogP contribution in [0.5, 0.6) is 11.5 Å². The van der Waals surface area contributed by atoms with Gasteiger partial charge in [0, 0.05) is 112 Å². The maximum atomic E-state index is 12.8. The fourth-order valence-corrected chi connectivity index (χ4v) is 9.46. The first kappa shape index (κ1) is 49.6. The van der Waals surface area contributed by atoms with E-state index < -0.39 is 17.4 Å². The number of carbonyl (C=O) groups excluding carboxylic acids is 1. The standard InChI is InChI=1S/C25H31NO6.C23H27NO6.C4H8O/c1-5-31-25(29)20-12-26-21(14(2)3)7-15-8-24(32-18-9-17(10-18)30-4)16(13-27)6-19(15)22(26)11-23(20)28;1-12(2)19-5-13-6-22(30-16-7-15(8-16)29-3)14(11-25)4-17(13)20-9-21(26)18(23(27)28)10-24(19)20;1-2-4-5-3-1/h6,8,11-12,14,17-18,21,27H,5,7,9-10,13H2,1-4H3;4,6,9-10,12,15-16,19,25H,5,7-8,11H2,1-3H3,(H,27,28);1-4H2. The average molecular weight is 927 g/mol. The van der Waals surface area contributed by atoms with Crippen molar-refractivity contribution in [3.05, 3.63) is 103 Å². The zero-order valence-corrected chi connectivity index (χ0v) is 39.7. The van der Waals surface area contributed by atoms with Crippen LogP contribution in [0.1, 0.15) is 128 Å². The summed E-state index contributed by atoms with van der Waals surface area (Å²) in [5.74, 6) is 0.0324. The third kappa shape index (κ3) is 10.9. The maximum Gasteiger partial charge on any atom is 0.343 e. The summed E-state index contributed by atoms with van der Waals surface area (Å²) in [5.41, 5.74) is 5.51. The molecule has 3 aliphatic heterocycles. The molecule has 2 saturated carbocycles. The molecular formula is C52H66N2O13. The van der Waals surface area contributed by atoms with Crippen molar-refractivity contribution in [1.29, 1.82) is 0 Å². The number of esters is 1. The Balaban J connectivity index is 0.000000180. The van der Waals surface area contributed by atoms with Gasteiger partial charge in [0.1, 0.15) is 34.8 Å². The number of aliphatic hydroxyl groups is 2. The number of rotatable bonds is 13. The molecule has 67 heavy (non-hydrogen) atoms. The number of hydrogen-bond acceptors (Lipinski definition) is 12. The van der Waals surface area contributed by atoms with Crippen LogP contribution >= 0.6 is 0 Å². The molecular weight excluding hydrogens is 861 g/mol. The Morgan fingerprint density at radius 1 is 0.672 bits per heavy atom. The minimum atomic E-state index is -1.22. The van der Waals surface area contributed by atoms with E-state index in [1.807, 2.05) is 33.4 Å². The third-order valence-corrected chi connectivity index (χ3v) is 13.6. The van der Waals surface area contributed by atoms with Gasteiger partial charge in [0.05, 0.1) is 43.4 Å². The summed E-state index contributed by atoms with van der Waals surface area (Å²) in [6.07, 6.45) is 11.0. The lowest BCUT2D eigenvalue weighted by atomic mass is 9.86. The molecule has 362 valence electrons. The number of hydrogen-bond donors (Lipinski definition) is 3. The highest BCUT2D eigenvalue weighted by atomic mass is 16.5. The van der Waals surface area contributed by atoms with Crippen LogP contribution in [0.15, 0.2) is 58.4 Å². The van der Waals surface area contributed by atoms with Gasteiger partial charge < -0.3 is 52.9 Å². The average Bonchev–Trinajstić information content (AvgIpc) is 3.88. The van der Waals surface area contributed by atoms with Crippen molar-refractivity contribution in [2.45, 2.75) is 136 Å². The van der Waals surface area contributed by atoms with Crippen molar-refractivity contribution in [2.24, 2.45) is 11.8 Å². The van der Waals surface area contributed by atoms with Gasteiger partial charge in [-0.15, -0.1) is 0 Å². The van der Waals surface area contributed by atoms with Gasteiger partial charge in [0.2, 0.25) is 0 Å². The topological polar surface area (TPSA) is 194 Å². The molecule has 5 aliphatic rings. The molecule has 0 bridgehead atoms. The Hall–Kier alpha value is -5.32. The second-order valence-corrected chi connectivity index (χ2v) is 18.8. The lowest BCUT2D eigenvalue weighted by Gasteiger charge is -2.36. The van der Waals surface area contributed by atoms with Crippen LogP contribution in [0.4, 0.5) is 0 Å². The minimum Gasteiger partial charge on any atom is -0.490 e. The number of aliphatic hydroxyl groups excluding tert-OH is 2. The number of carbonyl (C=O) groups is 2. The molecule has 0 spiro atoms. The number of aromatic carboxylic acids is 1. The lowest BCUT2D eigenvalue weighted by Crippen LogP contribution is -2.39. The smallest absolute Gasteiger partial charge is 0.343 e. The Bertz CT molecular complexity index is 2520. The first-order chi connectivity index (χ1) is 32.2. The van der Waals surface area contributed by atoms with Gasteiger partial charge in [-0.2, -0.15) is 0 Å². The van der Waals surface area contributed by atoms with Crippen molar-refractivity contribution < 1.29 is 53.3 Å². The Labute approximate surface area is 391 Å². The molecule has 3 fully saturated rings. The van der Waals surface area contributed by atoms with E-state index in [9.17, 15) is 34.5 Å². The highest BCUT2D eigenvalue weighted by Gasteiger charge is 2.35. The summed E-state index contributed by atoms with van der Waals surface area (Å²) in [6.45, 7) is 12.0. The predicted molar refractivity (Wildman–Crippen MR) is 251 cm³/mol. The number of carboxylic acids is 1. The highest BCUT2D eigenvalue weighted by molar-refractivity contribution is 5.90. The van der Waals surface area contributed by atoms with E-state index in [1.165, 1.54) is 31.2 Å². The van der Waals surface area contributed by atoms with Crippen molar-refractivity contribution in [2.75, 3.05) is 34.0 Å². The summed E-state index contributed by atoms with van der Waals surface area (Å²) in [6, 6.07) is 10.7. The summed E-state index contributed by atoms with van der Waals surface area (Å²) in [5, 5.41) is 29.3. The van der Waals surface area contributed by atoms with Gasteiger partial charge in [0.15, 0.2) is 10.9 Å². The molecule has 2 aliphatic carbocycles. The quantitative estimate of drug-likeness (QED) is 0.113. The van der Waals surface area contributed by atoms with E-state index in [0.29, 0.717) is 34.7 Å².